The second-order valence-electron chi connectivity index (χ2n) is 6.31. The van der Waals surface area contributed by atoms with Crippen LogP contribution in [0.2, 0.25) is 0 Å². The van der Waals surface area contributed by atoms with Crippen LogP contribution >= 0.6 is 0 Å². The number of esters is 1. The number of rotatable bonds is 9. The lowest BCUT2D eigenvalue weighted by atomic mass is 10.1. The summed E-state index contributed by atoms with van der Waals surface area (Å²) in [6.07, 6.45) is 0.569. The molecule has 0 aliphatic carbocycles. The predicted molar refractivity (Wildman–Crippen MR) is 103 cm³/mol. The fourth-order valence-corrected chi connectivity index (χ4v) is 2.58. The summed E-state index contributed by atoms with van der Waals surface area (Å²) in [5, 5.41) is 2.63. The Kier molecular flexibility index (Phi) is 6.67. The van der Waals surface area contributed by atoms with Gasteiger partial charge in [0.05, 0.1) is 6.61 Å². The molecule has 2 aromatic rings. The van der Waals surface area contributed by atoms with Crippen LogP contribution in [0.4, 0.5) is 5.69 Å². The summed E-state index contributed by atoms with van der Waals surface area (Å²) in [7, 11) is 0. The van der Waals surface area contributed by atoms with Crippen LogP contribution in [0.1, 0.15) is 30.1 Å². The molecule has 1 aliphatic rings. The summed E-state index contributed by atoms with van der Waals surface area (Å²) in [5.41, 5.74) is 1.14. The van der Waals surface area contributed by atoms with Gasteiger partial charge in [0.1, 0.15) is 5.75 Å². The van der Waals surface area contributed by atoms with Crippen LogP contribution < -0.4 is 19.5 Å². The van der Waals surface area contributed by atoms with Gasteiger partial charge < -0.3 is 24.3 Å². The first kappa shape index (κ1) is 20.2. The molecule has 0 saturated heterocycles. The van der Waals surface area contributed by atoms with Gasteiger partial charge in [-0.1, -0.05) is 0 Å². The molecule has 0 unspecified atom stereocenters. The van der Waals surface area contributed by atoms with Gasteiger partial charge in [0.2, 0.25) is 6.79 Å². The van der Waals surface area contributed by atoms with Gasteiger partial charge in [0.15, 0.2) is 23.9 Å². The molecular weight excluding hydrogens is 378 g/mol. The molecular formula is C21H21NO7. The lowest BCUT2D eigenvalue weighted by Crippen LogP contribution is -2.21. The maximum atomic E-state index is 11.9. The first-order valence-corrected chi connectivity index (χ1v) is 9.10. The molecule has 1 amide bonds. The zero-order valence-electron chi connectivity index (χ0n) is 15.9. The third-order valence-electron chi connectivity index (χ3n) is 4.08. The van der Waals surface area contributed by atoms with Gasteiger partial charge >= 0.3 is 5.97 Å². The van der Waals surface area contributed by atoms with Gasteiger partial charge in [-0.2, -0.15) is 0 Å². The Morgan fingerprint density at radius 3 is 2.55 bits per heavy atom. The van der Waals surface area contributed by atoms with Crippen molar-refractivity contribution in [3.8, 4) is 17.2 Å². The zero-order valence-corrected chi connectivity index (χ0v) is 15.9. The van der Waals surface area contributed by atoms with Crippen LogP contribution in [0.3, 0.4) is 0 Å². The number of hydrogen-bond acceptors (Lipinski definition) is 7. The lowest BCUT2D eigenvalue weighted by molar-refractivity contribution is -0.147. The van der Waals surface area contributed by atoms with Crippen molar-refractivity contribution < 1.29 is 33.3 Å². The van der Waals surface area contributed by atoms with E-state index in [1.54, 1.807) is 42.5 Å². The van der Waals surface area contributed by atoms with Crippen LogP contribution in [0.5, 0.6) is 17.2 Å². The quantitative estimate of drug-likeness (QED) is 0.393. The average Bonchev–Trinajstić information content (AvgIpc) is 3.18. The fourth-order valence-electron chi connectivity index (χ4n) is 2.58. The fraction of sp³-hybridized carbons (Fsp3) is 0.286. The van der Waals surface area contributed by atoms with Crippen molar-refractivity contribution in [3.63, 3.8) is 0 Å². The Labute approximate surface area is 167 Å². The van der Waals surface area contributed by atoms with Crippen LogP contribution in [-0.4, -0.2) is 37.7 Å². The minimum atomic E-state index is -0.485. The summed E-state index contributed by atoms with van der Waals surface area (Å²) in [4.78, 5) is 34.9. The highest BCUT2D eigenvalue weighted by atomic mass is 16.7. The second kappa shape index (κ2) is 9.59. The topological polar surface area (TPSA) is 100 Å². The summed E-state index contributed by atoms with van der Waals surface area (Å²) in [6.45, 7) is 1.59. The van der Waals surface area contributed by atoms with Crippen molar-refractivity contribution in [2.45, 2.75) is 19.8 Å². The van der Waals surface area contributed by atoms with E-state index in [0.29, 0.717) is 41.5 Å². The molecule has 152 valence electrons. The molecule has 1 N–H and O–H groups in total. The first-order valence-electron chi connectivity index (χ1n) is 9.10. The van der Waals surface area contributed by atoms with E-state index in [2.05, 4.69) is 5.32 Å². The third-order valence-corrected chi connectivity index (χ3v) is 4.08. The summed E-state index contributed by atoms with van der Waals surface area (Å²) >= 11 is 0. The van der Waals surface area contributed by atoms with E-state index in [9.17, 15) is 14.4 Å². The van der Waals surface area contributed by atoms with Crippen LogP contribution in [-0.2, 0) is 14.3 Å². The number of nitrogens with one attached hydrogen (secondary N) is 1. The maximum Gasteiger partial charge on any atom is 0.306 e. The molecule has 3 rings (SSSR count). The highest BCUT2D eigenvalue weighted by Crippen LogP contribution is 2.34. The highest BCUT2D eigenvalue weighted by molar-refractivity contribution is 5.94. The third kappa shape index (κ3) is 5.97. The van der Waals surface area contributed by atoms with Crippen molar-refractivity contribution >= 4 is 23.3 Å². The van der Waals surface area contributed by atoms with Crippen molar-refractivity contribution in [3.05, 3.63) is 48.0 Å². The van der Waals surface area contributed by atoms with Gasteiger partial charge in [0, 0.05) is 23.7 Å². The minimum Gasteiger partial charge on any atom is -0.494 e. The number of ether oxygens (including phenoxy) is 4. The number of carbonyl (C=O) groups is 3. The Bertz CT molecular complexity index is 892. The molecule has 8 nitrogen and oxygen atoms in total. The molecule has 0 atom stereocenters. The molecule has 0 saturated carbocycles. The minimum absolute atomic E-state index is 0.0122. The largest absolute Gasteiger partial charge is 0.494 e. The van der Waals surface area contributed by atoms with Crippen molar-refractivity contribution in [1.82, 2.24) is 0 Å². The molecule has 29 heavy (non-hydrogen) atoms. The molecule has 8 heteroatoms. The monoisotopic (exact) mass is 399 g/mol. The molecule has 1 heterocycles. The van der Waals surface area contributed by atoms with E-state index < -0.39 is 11.9 Å². The number of fused-ring (bicyclic) bond motifs is 1. The van der Waals surface area contributed by atoms with Crippen molar-refractivity contribution in [2.75, 3.05) is 25.3 Å². The van der Waals surface area contributed by atoms with Gasteiger partial charge in [-0.05, 0) is 49.7 Å². The van der Waals surface area contributed by atoms with E-state index in [4.69, 9.17) is 18.9 Å². The molecule has 0 aromatic heterocycles. The number of benzene rings is 2. The van der Waals surface area contributed by atoms with E-state index >= 15 is 0 Å². The second-order valence-corrected chi connectivity index (χ2v) is 6.31. The number of Topliss-reactive ketones (excluding diaryl/α,β-unsaturated/α-hetero) is 1. The molecule has 0 radical (unpaired) electrons. The van der Waals surface area contributed by atoms with Gasteiger partial charge in [0.25, 0.3) is 5.91 Å². The van der Waals surface area contributed by atoms with Crippen LogP contribution in [0.15, 0.2) is 42.5 Å². The Balaban J connectivity index is 1.31. The standard InChI is InChI=1S/C21H21NO7/c1-14(23)15-4-7-17(8-5-15)26-10-2-3-21(25)27-12-20(24)22-16-6-9-18-19(11-16)29-13-28-18/h4-9,11H,2-3,10,12-13H2,1H3,(H,22,24). The smallest absolute Gasteiger partial charge is 0.306 e. The molecule has 0 fully saturated rings. The molecule has 0 spiro atoms. The number of ketones is 1. The van der Waals surface area contributed by atoms with Crippen LogP contribution in [0.25, 0.3) is 0 Å². The van der Waals surface area contributed by atoms with Gasteiger partial charge in [-0.25, -0.2) is 0 Å². The lowest BCUT2D eigenvalue weighted by Gasteiger charge is -2.08. The number of amides is 1. The summed E-state index contributed by atoms with van der Waals surface area (Å²) in [6, 6.07) is 11.8. The Hall–Kier alpha value is -3.55. The molecule has 0 bridgehead atoms. The SMILES string of the molecule is CC(=O)c1ccc(OCCCC(=O)OCC(=O)Nc2ccc3c(c2)OCO3)cc1. The Morgan fingerprint density at radius 1 is 1.03 bits per heavy atom. The zero-order chi connectivity index (χ0) is 20.6. The van der Waals surface area contributed by atoms with Crippen molar-refractivity contribution in [2.24, 2.45) is 0 Å². The number of hydrogen-bond donors (Lipinski definition) is 1. The van der Waals surface area contributed by atoms with E-state index in [1.807, 2.05) is 0 Å². The molecule has 1 aliphatic heterocycles. The van der Waals surface area contributed by atoms with Crippen molar-refractivity contribution in [1.29, 1.82) is 0 Å². The maximum absolute atomic E-state index is 11.9. The number of anilines is 1. The average molecular weight is 399 g/mol. The first-order chi connectivity index (χ1) is 14.0. The van der Waals surface area contributed by atoms with E-state index in [0.717, 1.165) is 0 Å². The molecule has 2 aromatic carbocycles. The Morgan fingerprint density at radius 2 is 1.79 bits per heavy atom. The van der Waals surface area contributed by atoms with E-state index in [-0.39, 0.29) is 25.6 Å². The van der Waals surface area contributed by atoms with Crippen LogP contribution in [0, 0.1) is 0 Å². The normalized spacial score (nSPS) is 11.6. The number of carbonyl (C=O) groups excluding carboxylic acids is 3. The summed E-state index contributed by atoms with van der Waals surface area (Å²) < 4.78 is 20.9. The summed E-state index contributed by atoms with van der Waals surface area (Å²) in [5.74, 6) is 0.843. The predicted octanol–water partition coefficient (Wildman–Crippen LogP) is 2.96. The van der Waals surface area contributed by atoms with Gasteiger partial charge in [-0.15, -0.1) is 0 Å². The van der Waals surface area contributed by atoms with E-state index in [1.165, 1.54) is 6.92 Å². The highest BCUT2D eigenvalue weighted by Gasteiger charge is 2.14. The van der Waals surface area contributed by atoms with Gasteiger partial charge in [-0.3, -0.25) is 14.4 Å².